The molecule has 4 heteroatoms. The summed E-state index contributed by atoms with van der Waals surface area (Å²) in [5.74, 6) is -0.325. The molecular weight excluding hydrogens is 209 g/mol. The van der Waals surface area contributed by atoms with Crippen LogP contribution in [0, 0.1) is 5.82 Å². The van der Waals surface area contributed by atoms with Crippen molar-refractivity contribution in [2.24, 2.45) is 0 Å². The minimum atomic E-state index is -0.325. The second-order valence-electron chi connectivity index (χ2n) is 3.47. The second-order valence-corrected chi connectivity index (χ2v) is 3.47. The Hall–Kier alpha value is -1.13. The van der Waals surface area contributed by atoms with Crippen LogP contribution in [0.25, 0.3) is 0 Å². The summed E-state index contributed by atoms with van der Waals surface area (Å²) in [5.41, 5.74) is 6.47. The fourth-order valence-electron chi connectivity index (χ4n) is 1.27. The lowest BCUT2D eigenvalue weighted by Crippen LogP contribution is -2.07. The van der Waals surface area contributed by atoms with Crippen LogP contribution in [0.15, 0.2) is 18.2 Å². The zero-order valence-corrected chi connectivity index (χ0v) is 9.54. The van der Waals surface area contributed by atoms with Crippen LogP contribution in [0.1, 0.15) is 18.9 Å². The van der Waals surface area contributed by atoms with Gasteiger partial charge in [-0.15, -0.1) is 0 Å². The van der Waals surface area contributed by atoms with Crippen molar-refractivity contribution in [3.63, 3.8) is 0 Å². The Balaban J connectivity index is 2.26. The van der Waals surface area contributed by atoms with Gasteiger partial charge in [0.25, 0.3) is 0 Å². The Morgan fingerprint density at radius 3 is 2.62 bits per heavy atom. The predicted octanol–water partition coefficient (Wildman–Crippen LogP) is 2.35. The van der Waals surface area contributed by atoms with Crippen molar-refractivity contribution in [2.75, 3.05) is 25.6 Å². The molecule has 0 saturated heterocycles. The molecule has 90 valence electrons. The van der Waals surface area contributed by atoms with Gasteiger partial charge in [0, 0.05) is 17.9 Å². The lowest BCUT2D eigenvalue weighted by atomic mass is 10.2. The average molecular weight is 227 g/mol. The van der Waals surface area contributed by atoms with Gasteiger partial charge < -0.3 is 15.2 Å². The Morgan fingerprint density at radius 2 is 1.94 bits per heavy atom. The van der Waals surface area contributed by atoms with Crippen molar-refractivity contribution >= 4 is 5.69 Å². The molecule has 0 aliphatic rings. The number of benzene rings is 1. The van der Waals surface area contributed by atoms with Gasteiger partial charge >= 0.3 is 0 Å². The van der Waals surface area contributed by atoms with Gasteiger partial charge in [0.2, 0.25) is 0 Å². The number of nitrogens with two attached hydrogens (primary N) is 1. The van der Waals surface area contributed by atoms with Crippen molar-refractivity contribution in [3.8, 4) is 0 Å². The van der Waals surface area contributed by atoms with Crippen LogP contribution in [0.5, 0.6) is 0 Å². The highest BCUT2D eigenvalue weighted by molar-refractivity contribution is 5.46. The lowest BCUT2D eigenvalue weighted by Gasteiger charge is -2.08. The van der Waals surface area contributed by atoms with E-state index in [4.69, 9.17) is 15.2 Å². The largest absolute Gasteiger partial charge is 0.398 e. The van der Waals surface area contributed by atoms with Crippen LogP contribution >= 0.6 is 0 Å². The monoisotopic (exact) mass is 227 g/mol. The van der Waals surface area contributed by atoms with Crippen molar-refractivity contribution in [1.82, 2.24) is 0 Å². The molecule has 0 aliphatic heterocycles. The molecule has 0 spiro atoms. The van der Waals surface area contributed by atoms with Gasteiger partial charge in [-0.1, -0.05) is 13.0 Å². The highest BCUT2D eigenvalue weighted by Crippen LogP contribution is 2.16. The highest BCUT2D eigenvalue weighted by atomic mass is 19.1. The first-order valence-electron chi connectivity index (χ1n) is 5.44. The minimum absolute atomic E-state index is 0.188. The molecule has 0 fully saturated rings. The van der Waals surface area contributed by atoms with E-state index in [-0.39, 0.29) is 12.4 Å². The Bertz CT molecular complexity index is 298. The third kappa shape index (κ3) is 4.16. The molecule has 1 aromatic rings. The maximum Gasteiger partial charge on any atom is 0.130 e. The first-order chi connectivity index (χ1) is 7.75. The predicted molar refractivity (Wildman–Crippen MR) is 61.6 cm³/mol. The first kappa shape index (κ1) is 12.9. The Morgan fingerprint density at radius 1 is 1.19 bits per heavy atom. The van der Waals surface area contributed by atoms with Crippen LogP contribution in [0.2, 0.25) is 0 Å². The third-order valence-electron chi connectivity index (χ3n) is 2.12. The van der Waals surface area contributed by atoms with Crippen LogP contribution in [-0.4, -0.2) is 19.8 Å². The normalized spacial score (nSPS) is 10.6. The summed E-state index contributed by atoms with van der Waals surface area (Å²) in [5, 5.41) is 0. The molecule has 0 radical (unpaired) electrons. The number of hydrogen-bond acceptors (Lipinski definition) is 3. The molecule has 0 bridgehead atoms. The Labute approximate surface area is 95.4 Å². The van der Waals surface area contributed by atoms with Crippen molar-refractivity contribution in [1.29, 1.82) is 0 Å². The SMILES string of the molecule is CCCOCCOCc1c(N)cccc1F. The van der Waals surface area contributed by atoms with Gasteiger partial charge in [-0.05, 0) is 18.6 Å². The summed E-state index contributed by atoms with van der Waals surface area (Å²) in [6.45, 7) is 3.94. The zero-order chi connectivity index (χ0) is 11.8. The van der Waals surface area contributed by atoms with Crippen molar-refractivity contribution in [2.45, 2.75) is 20.0 Å². The summed E-state index contributed by atoms with van der Waals surface area (Å²) in [6, 6.07) is 4.62. The van der Waals surface area contributed by atoms with E-state index in [1.165, 1.54) is 6.07 Å². The number of ether oxygens (including phenoxy) is 2. The topological polar surface area (TPSA) is 44.5 Å². The molecule has 1 aromatic carbocycles. The molecule has 16 heavy (non-hydrogen) atoms. The van der Waals surface area contributed by atoms with E-state index in [0.717, 1.165) is 13.0 Å². The van der Waals surface area contributed by atoms with E-state index < -0.39 is 0 Å². The highest BCUT2D eigenvalue weighted by Gasteiger charge is 2.05. The van der Waals surface area contributed by atoms with E-state index in [1.807, 2.05) is 6.92 Å². The quantitative estimate of drug-likeness (QED) is 0.574. The number of halogens is 1. The first-order valence-corrected chi connectivity index (χ1v) is 5.44. The van der Waals surface area contributed by atoms with Gasteiger partial charge in [0.15, 0.2) is 0 Å². The van der Waals surface area contributed by atoms with Gasteiger partial charge in [-0.2, -0.15) is 0 Å². The molecule has 0 amide bonds. The maximum atomic E-state index is 13.3. The van der Waals surface area contributed by atoms with E-state index in [2.05, 4.69) is 0 Å². The number of rotatable bonds is 7. The van der Waals surface area contributed by atoms with Crippen LogP contribution < -0.4 is 5.73 Å². The summed E-state index contributed by atoms with van der Waals surface area (Å²) < 4.78 is 23.8. The molecule has 0 atom stereocenters. The summed E-state index contributed by atoms with van der Waals surface area (Å²) >= 11 is 0. The average Bonchev–Trinajstić information content (AvgIpc) is 2.26. The van der Waals surface area contributed by atoms with Gasteiger partial charge in [-0.3, -0.25) is 0 Å². The molecule has 0 aromatic heterocycles. The van der Waals surface area contributed by atoms with Crippen LogP contribution in [0.4, 0.5) is 10.1 Å². The smallest absolute Gasteiger partial charge is 0.130 e. The fraction of sp³-hybridized carbons (Fsp3) is 0.500. The Kier molecular flexibility index (Phi) is 5.82. The number of anilines is 1. The zero-order valence-electron chi connectivity index (χ0n) is 9.54. The summed E-state index contributed by atoms with van der Waals surface area (Å²) in [7, 11) is 0. The van der Waals surface area contributed by atoms with Crippen LogP contribution in [-0.2, 0) is 16.1 Å². The molecule has 0 heterocycles. The van der Waals surface area contributed by atoms with Crippen LogP contribution in [0.3, 0.4) is 0 Å². The van der Waals surface area contributed by atoms with Crippen molar-refractivity contribution in [3.05, 3.63) is 29.6 Å². The molecule has 0 saturated carbocycles. The summed E-state index contributed by atoms with van der Waals surface area (Å²) in [6.07, 6.45) is 0.986. The molecule has 1 rings (SSSR count). The molecule has 0 aliphatic carbocycles. The minimum Gasteiger partial charge on any atom is -0.398 e. The maximum absolute atomic E-state index is 13.3. The third-order valence-corrected chi connectivity index (χ3v) is 2.12. The van der Waals surface area contributed by atoms with E-state index in [1.54, 1.807) is 12.1 Å². The van der Waals surface area contributed by atoms with E-state index in [9.17, 15) is 4.39 Å². The van der Waals surface area contributed by atoms with Gasteiger partial charge in [0.1, 0.15) is 5.82 Å². The second kappa shape index (κ2) is 7.19. The number of hydrogen-bond donors (Lipinski definition) is 1. The molecule has 2 N–H and O–H groups in total. The lowest BCUT2D eigenvalue weighted by molar-refractivity contribution is 0.0401. The molecule has 0 unspecified atom stereocenters. The molecular formula is C12H18FNO2. The van der Waals surface area contributed by atoms with Gasteiger partial charge in [-0.25, -0.2) is 4.39 Å². The summed E-state index contributed by atoms with van der Waals surface area (Å²) in [4.78, 5) is 0. The standard InChI is InChI=1S/C12H18FNO2/c1-2-6-15-7-8-16-9-10-11(13)4-3-5-12(10)14/h3-5H,2,6-9,14H2,1H3. The van der Waals surface area contributed by atoms with Gasteiger partial charge in [0.05, 0.1) is 19.8 Å². The number of nitrogen functional groups attached to an aromatic ring is 1. The van der Waals surface area contributed by atoms with E-state index >= 15 is 0 Å². The van der Waals surface area contributed by atoms with E-state index in [0.29, 0.717) is 24.5 Å². The molecule has 3 nitrogen and oxygen atoms in total. The van der Waals surface area contributed by atoms with Crippen molar-refractivity contribution < 1.29 is 13.9 Å². The fourth-order valence-corrected chi connectivity index (χ4v) is 1.27.